The van der Waals surface area contributed by atoms with E-state index in [1.807, 2.05) is 0 Å². The Hall–Kier alpha value is -1.11. The van der Waals surface area contributed by atoms with Gasteiger partial charge in [-0.2, -0.15) is 0 Å². The Bertz CT molecular complexity index is 316. The van der Waals surface area contributed by atoms with Crippen LogP contribution in [-0.4, -0.2) is 32.8 Å². The first kappa shape index (κ1) is 11.0. The average Bonchev–Trinajstić information content (AvgIpc) is 2.47. The van der Waals surface area contributed by atoms with Crippen LogP contribution in [0.15, 0.2) is 17.6 Å². The third-order valence-electron chi connectivity index (χ3n) is 1.34. The summed E-state index contributed by atoms with van der Waals surface area (Å²) in [5.74, 6) is -1.18. The van der Waals surface area contributed by atoms with Crippen molar-refractivity contribution < 1.29 is 18.7 Å². The van der Waals surface area contributed by atoms with Crippen LogP contribution in [0.5, 0.6) is 0 Å². The van der Waals surface area contributed by atoms with E-state index in [0.717, 1.165) is 11.8 Å². The molecule has 4 nitrogen and oxygen atoms in total. The van der Waals surface area contributed by atoms with Gasteiger partial charge in [-0.3, -0.25) is 4.79 Å². The monoisotopic (exact) mass is 222 g/mol. The number of hydrogen-bond donors (Lipinski definition) is 1. The first-order chi connectivity index (χ1) is 6.59. The van der Waals surface area contributed by atoms with Gasteiger partial charge in [0.2, 0.25) is 0 Å². The van der Waals surface area contributed by atoms with Crippen LogP contribution >= 0.6 is 11.8 Å². The predicted molar refractivity (Wildman–Crippen MR) is 46.6 cm³/mol. The SMILES string of the molecule is O=C(O)CSc1nccn1CC(F)F. The maximum Gasteiger partial charge on any atom is 0.313 e. The molecule has 0 aromatic carbocycles. The number of nitrogens with zero attached hydrogens (tertiary/aromatic N) is 2. The lowest BCUT2D eigenvalue weighted by Gasteiger charge is -2.04. The van der Waals surface area contributed by atoms with Crippen LogP contribution in [0.25, 0.3) is 0 Å². The third-order valence-corrected chi connectivity index (χ3v) is 2.33. The molecule has 0 bridgehead atoms. The molecule has 0 radical (unpaired) electrons. The first-order valence-corrected chi connectivity index (χ1v) is 4.72. The van der Waals surface area contributed by atoms with Crippen molar-refractivity contribution in [1.29, 1.82) is 0 Å². The van der Waals surface area contributed by atoms with E-state index in [1.54, 1.807) is 0 Å². The molecule has 1 heterocycles. The predicted octanol–water partition coefficient (Wildman–Crippen LogP) is 1.32. The third kappa shape index (κ3) is 3.33. The van der Waals surface area contributed by atoms with Gasteiger partial charge in [-0.1, -0.05) is 11.8 Å². The summed E-state index contributed by atoms with van der Waals surface area (Å²) in [4.78, 5) is 14.0. The summed E-state index contributed by atoms with van der Waals surface area (Å²) in [7, 11) is 0. The van der Waals surface area contributed by atoms with Crippen LogP contribution in [0, 0.1) is 0 Å². The van der Waals surface area contributed by atoms with Crippen molar-refractivity contribution in [2.75, 3.05) is 5.75 Å². The molecule has 0 aliphatic rings. The summed E-state index contributed by atoms with van der Waals surface area (Å²) in [6.07, 6.45) is 0.302. The van der Waals surface area contributed by atoms with Gasteiger partial charge >= 0.3 is 5.97 Å². The Morgan fingerprint density at radius 1 is 1.71 bits per heavy atom. The fourth-order valence-corrected chi connectivity index (χ4v) is 1.54. The number of thioether (sulfide) groups is 1. The van der Waals surface area contributed by atoms with E-state index < -0.39 is 18.9 Å². The molecule has 1 aromatic rings. The highest BCUT2D eigenvalue weighted by Crippen LogP contribution is 2.16. The summed E-state index contributed by atoms with van der Waals surface area (Å²) in [5, 5.41) is 8.68. The molecule has 0 unspecified atom stereocenters. The second kappa shape index (κ2) is 4.94. The first-order valence-electron chi connectivity index (χ1n) is 3.73. The molecule has 78 valence electrons. The number of aromatic nitrogens is 2. The molecule has 0 saturated carbocycles. The number of carbonyl (C=O) groups is 1. The molecule has 14 heavy (non-hydrogen) atoms. The number of aliphatic carboxylic acids is 1. The van der Waals surface area contributed by atoms with E-state index in [4.69, 9.17) is 5.11 Å². The molecule has 0 saturated heterocycles. The molecule has 0 atom stereocenters. The fourth-order valence-electron chi connectivity index (χ4n) is 0.850. The van der Waals surface area contributed by atoms with Crippen LogP contribution in [0.4, 0.5) is 8.78 Å². The molecular weight excluding hydrogens is 214 g/mol. The average molecular weight is 222 g/mol. The zero-order valence-electron chi connectivity index (χ0n) is 7.06. The maximum atomic E-state index is 12.0. The zero-order valence-corrected chi connectivity index (χ0v) is 7.88. The molecule has 0 aliphatic heterocycles. The molecule has 1 rings (SSSR count). The highest BCUT2D eigenvalue weighted by molar-refractivity contribution is 7.99. The van der Waals surface area contributed by atoms with Gasteiger partial charge in [0.05, 0.1) is 12.3 Å². The minimum atomic E-state index is -2.46. The normalized spacial score (nSPS) is 10.8. The largest absolute Gasteiger partial charge is 0.481 e. The molecule has 1 aromatic heterocycles. The summed E-state index contributed by atoms with van der Waals surface area (Å²) in [6, 6.07) is 0. The van der Waals surface area contributed by atoms with Crippen molar-refractivity contribution in [3.05, 3.63) is 12.4 Å². The number of imidazole rings is 1. The Balaban J connectivity index is 2.58. The lowest BCUT2D eigenvalue weighted by molar-refractivity contribution is -0.133. The van der Waals surface area contributed by atoms with Crippen molar-refractivity contribution in [3.8, 4) is 0 Å². The molecule has 1 N–H and O–H groups in total. The van der Waals surface area contributed by atoms with Crippen molar-refractivity contribution >= 4 is 17.7 Å². The molecule has 0 fully saturated rings. The van der Waals surface area contributed by atoms with E-state index in [0.29, 0.717) is 5.16 Å². The van der Waals surface area contributed by atoms with E-state index in [-0.39, 0.29) is 5.75 Å². The molecule has 0 amide bonds. The Labute approximate surface area is 82.9 Å². The number of rotatable bonds is 5. The van der Waals surface area contributed by atoms with Crippen LogP contribution in [0.3, 0.4) is 0 Å². The molecular formula is C7H8F2N2O2S. The highest BCUT2D eigenvalue weighted by Gasteiger charge is 2.10. The van der Waals surface area contributed by atoms with E-state index in [2.05, 4.69) is 4.98 Å². The van der Waals surface area contributed by atoms with Gasteiger partial charge in [0.25, 0.3) is 6.43 Å². The van der Waals surface area contributed by atoms with Crippen molar-refractivity contribution in [2.24, 2.45) is 0 Å². The zero-order chi connectivity index (χ0) is 10.6. The second-order valence-electron chi connectivity index (χ2n) is 2.44. The van der Waals surface area contributed by atoms with Gasteiger partial charge in [0.1, 0.15) is 0 Å². The van der Waals surface area contributed by atoms with Crippen molar-refractivity contribution in [2.45, 2.75) is 18.1 Å². The van der Waals surface area contributed by atoms with Gasteiger partial charge in [0, 0.05) is 12.4 Å². The molecule has 7 heteroatoms. The van der Waals surface area contributed by atoms with Crippen molar-refractivity contribution in [1.82, 2.24) is 9.55 Å². The van der Waals surface area contributed by atoms with E-state index in [1.165, 1.54) is 17.0 Å². The summed E-state index contributed by atoms with van der Waals surface area (Å²) < 4.78 is 25.2. The lowest BCUT2D eigenvalue weighted by Crippen LogP contribution is -2.08. The van der Waals surface area contributed by atoms with Crippen molar-refractivity contribution in [3.63, 3.8) is 0 Å². The van der Waals surface area contributed by atoms with E-state index >= 15 is 0 Å². The van der Waals surface area contributed by atoms with Crippen LogP contribution in [0.2, 0.25) is 0 Å². The number of halogens is 2. The minimum absolute atomic E-state index is 0.180. The van der Waals surface area contributed by atoms with Gasteiger partial charge in [0.15, 0.2) is 5.16 Å². The van der Waals surface area contributed by atoms with Gasteiger partial charge in [-0.25, -0.2) is 13.8 Å². The van der Waals surface area contributed by atoms with Crippen LogP contribution < -0.4 is 0 Å². The smallest absolute Gasteiger partial charge is 0.313 e. The Kier molecular flexibility index (Phi) is 3.87. The second-order valence-corrected chi connectivity index (χ2v) is 3.38. The van der Waals surface area contributed by atoms with Gasteiger partial charge < -0.3 is 9.67 Å². The summed E-state index contributed by atoms with van der Waals surface area (Å²) in [5.41, 5.74) is 0. The number of alkyl halides is 2. The number of hydrogen-bond acceptors (Lipinski definition) is 3. The number of carboxylic acids is 1. The Morgan fingerprint density at radius 2 is 2.43 bits per heavy atom. The van der Waals surface area contributed by atoms with Crippen LogP contribution in [0.1, 0.15) is 0 Å². The lowest BCUT2D eigenvalue weighted by atomic mass is 10.6. The minimum Gasteiger partial charge on any atom is -0.481 e. The maximum absolute atomic E-state index is 12.0. The van der Waals surface area contributed by atoms with Gasteiger partial charge in [-0.15, -0.1) is 0 Å². The summed E-state index contributed by atoms with van der Waals surface area (Å²) in [6.45, 7) is -0.456. The molecule has 0 aliphatic carbocycles. The van der Waals surface area contributed by atoms with Gasteiger partial charge in [-0.05, 0) is 0 Å². The fraction of sp³-hybridized carbons (Fsp3) is 0.429. The quantitative estimate of drug-likeness (QED) is 0.763. The Morgan fingerprint density at radius 3 is 3.00 bits per heavy atom. The van der Waals surface area contributed by atoms with Crippen LogP contribution in [-0.2, 0) is 11.3 Å². The highest BCUT2D eigenvalue weighted by atomic mass is 32.2. The summed E-state index contributed by atoms with van der Waals surface area (Å²) >= 11 is 0.923. The van der Waals surface area contributed by atoms with E-state index in [9.17, 15) is 13.6 Å². The number of carboxylic acid groups (broad SMARTS) is 1. The standard InChI is InChI=1S/C7H8F2N2O2S/c8-5(9)3-11-2-1-10-7(11)14-4-6(12)13/h1-2,5H,3-4H2,(H,12,13). The topological polar surface area (TPSA) is 55.1 Å². The molecule has 0 spiro atoms.